The molecule has 0 saturated carbocycles. The molecule has 0 heterocycles. The molecule has 0 atom stereocenters. The van der Waals surface area contributed by atoms with Gasteiger partial charge in [0.1, 0.15) is 4.90 Å². The predicted octanol–water partition coefficient (Wildman–Crippen LogP) is 3.82. The number of likely N-dealkylation sites (N-methyl/N-ethyl adjacent to an activating group) is 1. The topological polar surface area (TPSA) is 92.8 Å². The summed E-state index contributed by atoms with van der Waals surface area (Å²) in [5.74, 6) is -1.01. The van der Waals surface area contributed by atoms with E-state index in [4.69, 9.17) is 27.9 Å². The normalized spacial score (nSPS) is 11.3. The van der Waals surface area contributed by atoms with Crippen molar-refractivity contribution in [2.24, 2.45) is 0 Å². The summed E-state index contributed by atoms with van der Waals surface area (Å²) in [4.78, 5) is 23.9. The number of ether oxygens (including phenoxy) is 1. The van der Waals surface area contributed by atoms with Gasteiger partial charge in [-0.3, -0.25) is 4.79 Å². The molecule has 2 rings (SSSR count). The number of carbonyl (C=O) groups is 2. The molecular formula is C19H20Cl2N2O5S. The van der Waals surface area contributed by atoms with E-state index in [1.165, 1.54) is 42.5 Å². The summed E-state index contributed by atoms with van der Waals surface area (Å²) in [5.41, 5.74) is 0.760. The van der Waals surface area contributed by atoms with Gasteiger partial charge in [-0.25, -0.2) is 13.2 Å². The van der Waals surface area contributed by atoms with E-state index in [9.17, 15) is 18.0 Å². The van der Waals surface area contributed by atoms with Crippen LogP contribution in [0.5, 0.6) is 0 Å². The molecule has 0 radical (unpaired) electrons. The third-order valence-electron chi connectivity index (χ3n) is 3.86. The fourth-order valence-corrected chi connectivity index (χ4v) is 4.59. The maximum absolute atomic E-state index is 12.9. The van der Waals surface area contributed by atoms with Crippen LogP contribution >= 0.6 is 23.2 Å². The largest absolute Gasteiger partial charge is 0.462 e. The Hall–Kier alpha value is -2.13. The molecule has 156 valence electrons. The third-order valence-corrected chi connectivity index (χ3v) is 6.50. The summed E-state index contributed by atoms with van der Waals surface area (Å²) < 4.78 is 31.6. The highest BCUT2D eigenvalue weighted by atomic mass is 35.5. The van der Waals surface area contributed by atoms with Crippen LogP contribution in [0.25, 0.3) is 0 Å². The Morgan fingerprint density at radius 2 is 1.72 bits per heavy atom. The zero-order valence-corrected chi connectivity index (χ0v) is 18.1. The van der Waals surface area contributed by atoms with Gasteiger partial charge < -0.3 is 10.1 Å². The average Bonchev–Trinajstić information content (AvgIpc) is 2.68. The van der Waals surface area contributed by atoms with E-state index in [1.54, 1.807) is 13.8 Å². The summed E-state index contributed by atoms with van der Waals surface area (Å²) in [6.07, 6.45) is 0. The van der Waals surface area contributed by atoms with Crippen molar-refractivity contribution in [2.45, 2.75) is 18.7 Å². The van der Waals surface area contributed by atoms with Crippen LogP contribution in [-0.4, -0.2) is 44.3 Å². The number of hydrogen-bond acceptors (Lipinski definition) is 5. The predicted molar refractivity (Wildman–Crippen MR) is 112 cm³/mol. The number of hydrogen-bond donors (Lipinski definition) is 1. The van der Waals surface area contributed by atoms with E-state index in [1.807, 2.05) is 0 Å². The van der Waals surface area contributed by atoms with E-state index in [0.29, 0.717) is 11.3 Å². The smallest absolute Gasteiger partial charge is 0.338 e. The van der Waals surface area contributed by atoms with Crippen molar-refractivity contribution in [1.29, 1.82) is 0 Å². The SMILES string of the molecule is CCOC(=O)c1ccc(NC(=O)CN(CC)S(=O)(=O)c2cc(Cl)ccc2Cl)cc1. The maximum Gasteiger partial charge on any atom is 0.338 e. The van der Waals surface area contributed by atoms with Gasteiger partial charge in [-0.05, 0) is 49.4 Å². The van der Waals surface area contributed by atoms with Crippen LogP contribution in [0.15, 0.2) is 47.4 Å². The highest BCUT2D eigenvalue weighted by Crippen LogP contribution is 2.27. The van der Waals surface area contributed by atoms with Crippen molar-refractivity contribution < 1.29 is 22.7 Å². The second-order valence-electron chi connectivity index (χ2n) is 5.85. The fraction of sp³-hybridized carbons (Fsp3) is 0.263. The minimum Gasteiger partial charge on any atom is -0.462 e. The zero-order valence-electron chi connectivity index (χ0n) is 15.8. The number of sulfonamides is 1. The molecule has 0 spiro atoms. The Balaban J connectivity index is 2.11. The molecule has 1 amide bonds. The Kier molecular flexibility index (Phi) is 8.04. The van der Waals surface area contributed by atoms with Gasteiger partial charge in [0.05, 0.1) is 23.7 Å². The van der Waals surface area contributed by atoms with Gasteiger partial charge in [0.15, 0.2) is 0 Å². The maximum atomic E-state index is 12.9. The molecule has 0 aromatic heterocycles. The van der Waals surface area contributed by atoms with E-state index in [-0.39, 0.29) is 28.1 Å². The molecule has 2 aromatic carbocycles. The number of amides is 1. The lowest BCUT2D eigenvalue weighted by atomic mass is 10.2. The highest BCUT2D eigenvalue weighted by molar-refractivity contribution is 7.89. The van der Waals surface area contributed by atoms with Gasteiger partial charge in [-0.2, -0.15) is 4.31 Å². The van der Waals surface area contributed by atoms with Crippen LogP contribution in [0.4, 0.5) is 5.69 Å². The first-order chi connectivity index (χ1) is 13.7. The van der Waals surface area contributed by atoms with Crippen molar-refractivity contribution >= 4 is 50.8 Å². The number of halogens is 2. The lowest BCUT2D eigenvalue weighted by Crippen LogP contribution is -2.38. The second kappa shape index (κ2) is 10.1. The van der Waals surface area contributed by atoms with Crippen molar-refractivity contribution in [3.05, 3.63) is 58.1 Å². The Bertz CT molecular complexity index is 994. The summed E-state index contributed by atoms with van der Waals surface area (Å²) in [6, 6.07) is 10.2. The number of nitrogens with one attached hydrogen (secondary N) is 1. The molecule has 10 heteroatoms. The summed E-state index contributed by atoms with van der Waals surface area (Å²) in [5, 5.41) is 2.83. The summed E-state index contributed by atoms with van der Waals surface area (Å²) in [6.45, 7) is 3.21. The van der Waals surface area contributed by atoms with Gasteiger partial charge in [0, 0.05) is 17.3 Å². The zero-order chi connectivity index (χ0) is 21.6. The van der Waals surface area contributed by atoms with E-state index in [0.717, 1.165) is 4.31 Å². The lowest BCUT2D eigenvalue weighted by Gasteiger charge is -2.21. The molecule has 2 aromatic rings. The number of benzene rings is 2. The summed E-state index contributed by atoms with van der Waals surface area (Å²) >= 11 is 11.9. The molecule has 0 unspecified atom stereocenters. The standard InChI is InChI=1S/C19H20Cl2N2O5S/c1-3-23(29(26,27)17-11-14(20)7-10-16(17)21)12-18(24)22-15-8-5-13(6-9-15)19(25)28-4-2/h5-11H,3-4,12H2,1-2H3,(H,22,24). The minimum atomic E-state index is -4.02. The molecule has 29 heavy (non-hydrogen) atoms. The molecule has 0 aliphatic heterocycles. The van der Waals surface area contributed by atoms with E-state index >= 15 is 0 Å². The van der Waals surface area contributed by atoms with Crippen LogP contribution in [0, 0.1) is 0 Å². The van der Waals surface area contributed by atoms with Crippen molar-refractivity contribution in [2.75, 3.05) is 25.0 Å². The highest BCUT2D eigenvalue weighted by Gasteiger charge is 2.27. The fourth-order valence-electron chi connectivity index (χ4n) is 2.45. The lowest BCUT2D eigenvalue weighted by molar-refractivity contribution is -0.116. The molecule has 0 fully saturated rings. The molecule has 1 N–H and O–H groups in total. The van der Waals surface area contributed by atoms with Crippen LogP contribution in [0.1, 0.15) is 24.2 Å². The Labute approximate surface area is 179 Å². The molecule has 0 aliphatic carbocycles. The number of esters is 1. The van der Waals surface area contributed by atoms with Crippen molar-refractivity contribution in [3.8, 4) is 0 Å². The first-order valence-electron chi connectivity index (χ1n) is 8.71. The molecular weight excluding hydrogens is 439 g/mol. The third kappa shape index (κ3) is 5.93. The van der Waals surface area contributed by atoms with Crippen molar-refractivity contribution in [1.82, 2.24) is 4.31 Å². The molecule has 7 nitrogen and oxygen atoms in total. The quantitative estimate of drug-likeness (QED) is 0.606. The Morgan fingerprint density at radius 3 is 2.31 bits per heavy atom. The Morgan fingerprint density at radius 1 is 1.07 bits per heavy atom. The average molecular weight is 459 g/mol. The van der Waals surface area contributed by atoms with Crippen LogP contribution in [0.2, 0.25) is 10.0 Å². The van der Waals surface area contributed by atoms with Crippen LogP contribution in [0.3, 0.4) is 0 Å². The van der Waals surface area contributed by atoms with Crippen LogP contribution in [-0.2, 0) is 19.6 Å². The van der Waals surface area contributed by atoms with Gasteiger partial charge in [-0.1, -0.05) is 30.1 Å². The number of anilines is 1. The van der Waals surface area contributed by atoms with Crippen molar-refractivity contribution in [3.63, 3.8) is 0 Å². The molecule has 0 bridgehead atoms. The second-order valence-corrected chi connectivity index (χ2v) is 8.60. The van der Waals surface area contributed by atoms with E-state index < -0.39 is 28.4 Å². The monoisotopic (exact) mass is 458 g/mol. The van der Waals surface area contributed by atoms with E-state index in [2.05, 4.69) is 5.32 Å². The summed E-state index contributed by atoms with van der Waals surface area (Å²) in [7, 11) is -4.02. The van der Waals surface area contributed by atoms with Gasteiger partial charge in [0.2, 0.25) is 15.9 Å². The molecule has 0 aliphatic rings. The number of nitrogens with zero attached hydrogens (tertiary/aromatic N) is 1. The van der Waals surface area contributed by atoms with Gasteiger partial charge >= 0.3 is 5.97 Å². The first kappa shape index (κ1) is 23.2. The molecule has 0 saturated heterocycles. The van der Waals surface area contributed by atoms with Crippen LogP contribution < -0.4 is 5.32 Å². The van der Waals surface area contributed by atoms with Gasteiger partial charge in [-0.15, -0.1) is 0 Å². The number of rotatable bonds is 8. The minimum absolute atomic E-state index is 0.0165. The number of carbonyl (C=O) groups excluding carboxylic acids is 2. The first-order valence-corrected chi connectivity index (χ1v) is 10.9. The van der Waals surface area contributed by atoms with Gasteiger partial charge in [0.25, 0.3) is 0 Å².